The van der Waals surface area contributed by atoms with Crippen LogP contribution in [0.4, 0.5) is 0 Å². The van der Waals surface area contributed by atoms with E-state index in [1.54, 1.807) is 35.2 Å². The van der Waals surface area contributed by atoms with Crippen LogP contribution in [0.25, 0.3) is 11.0 Å². The van der Waals surface area contributed by atoms with E-state index in [1.807, 2.05) is 26.8 Å². The van der Waals surface area contributed by atoms with Gasteiger partial charge in [0.2, 0.25) is 5.76 Å². The summed E-state index contributed by atoms with van der Waals surface area (Å²) >= 11 is 0. The van der Waals surface area contributed by atoms with Gasteiger partial charge in [0.1, 0.15) is 11.3 Å². The van der Waals surface area contributed by atoms with Gasteiger partial charge in [-0.1, -0.05) is 12.1 Å². The van der Waals surface area contributed by atoms with Crippen molar-refractivity contribution in [2.24, 2.45) is 0 Å². The van der Waals surface area contributed by atoms with Gasteiger partial charge in [0.15, 0.2) is 16.9 Å². The number of phenols is 1. The van der Waals surface area contributed by atoms with Crippen LogP contribution in [-0.4, -0.2) is 22.5 Å². The minimum absolute atomic E-state index is 0.0143. The monoisotopic (exact) mass is 445 g/mol. The molecule has 1 atom stereocenters. The average molecular weight is 445 g/mol. The van der Waals surface area contributed by atoms with Gasteiger partial charge in [0.05, 0.1) is 36.4 Å². The number of phenolic OH excluding ortho intramolecular Hbond substituents is 1. The minimum Gasteiger partial charge on any atom is -0.504 e. The number of amides is 1. The first-order valence-electron chi connectivity index (χ1n) is 10.8. The van der Waals surface area contributed by atoms with Crippen molar-refractivity contribution in [1.29, 1.82) is 0 Å². The Kier molecular flexibility index (Phi) is 4.96. The number of furan rings is 1. The van der Waals surface area contributed by atoms with Gasteiger partial charge in [0.25, 0.3) is 5.91 Å². The number of hydrogen-bond donors (Lipinski definition) is 1. The lowest BCUT2D eigenvalue weighted by molar-refractivity contribution is 0.0701. The molecule has 1 N–H and O–H groups in total. The van der Waals surface area contributed by atoms with Crippen molar-refractivity contribution >= 4 is 16.9 Å². The van der Waals surface area contributed by atoms with E-state index in [-0.39, 0.29) is 34.8 Å². The van der Waals surface area contributed by atoms with E-state index in [2.05, 4.69) is 0 Å². The number of fused-ring (bicyclic) bond motifs is 2. The standard InChI is InChI=1S/C26H23NO6/c1-4-31-20-12-16(7-8-19(20)28)22-21-23(29)18-11-14(2)10-15(3)24(18)33-25(21)26(30)27(22)13-17-6-5-9-32-17/h5-12,22,28H,4,13H2,1-3H3/t22-/m0/s1. The number of ether oxygens (including phenoxy) is 1. The number of carbonyl (C=O) groups excluding carboxylic acids is 1. The zero-order chi connectivity index (χ0) is 23.3. The molecular weight excluding hydrogens is 422 g/mol. The lowest BCUT2D eigenvalue weighted by Crippen LogP contribution is -2.29. The molecule has 7 heteroatoms. The highest BCUT2D eigenvalue weighted by atomic mass is 16.5. The van der Waals surface area contributed by atoms with Gasteiger partial charge in [-0.25, -0.2) is 0 Å². The summed E-state index contributed by atoms with van der Waals surface area (Å²) in [6.07, 6.45) is 1.54. The van der Waals surface area contributed by atoms with Crippen molar-refractivity contribution in [3.8, 4) is 11.5 Å². The molecule has 7 nitrogen and oxygen atoms in total. The number of hydrogen-bond acceptors (Lipinski definition) is 6. The Morgan fingerprint density at radius 2 is 1.94 bits per heavy atom. The number of rotatable bonds is 5. The number of carbonyl (C=O) groups is 1. The van der Waals surface area contributed by atoms with Gasteiger partial charge in [-0.05, 0) is 67.8 Å². The van der Waals surface area contributed by atoms with E-state index in [4.69, 9.17) is 13.6 Å². The van der Waals surface area contributed by atoms with Crippen molar-refractivity contribution < 1.29 is 23.5 Å². The van der Waals surface area contributed by atoms with Crippen LogP contribution in [0.1, 0.15) is 51.5 Å². The maximum Gasteiger partial charge on any atom is 0.291 e. The van der Waals surface area contributed by atoms with Gasteiger partial charge in [-0.15, -0.1) is 0 Å². The van der Waals surface area contributed by atoms with Crippen LogP contribution in [0, 0.1) is 13.8 Å². The maximum atomic E-state index is 13.7. The highest BCUT2D eigenvalue weighted by molar-refractivity contribution is 5.99. The number of nitrogens with zero attached hydrogens (tertiary/aromatic N) is 1. The molecule has 1 amide bonds. The molecule has 168 valence electrons. The van der Waals surface area contributed by atoms with Crippen molar-refractivity contribution in [2.45, 2.75) is 33.4 Å². The van der Waals surface area contributed by atoms with Crippen LogP contribution in [0.3, 0.4) is 0 Å². The molecule has 0 spiro atoms. The number of aromatic hydroxyl groups is 1. The second kappa shape index (κ2) is 7.85. The van der Waals surface area contributed by atoms with Crippen molar-refractivity contribution in [2.75, 3.05) is 6.61 Å². The molecule has 0 unspecified atom stereocenters. The predicted molar refractivity (Wildman–Crippen MR) is 122 cm³/mol. The van der Waals surface area contributed by atoms with Gasteiger partial charge < -0.3 is 23.6 Å². The van der Waals surface area contributed by atoms with Crippen LogP contribution >= 0.6 is 0 Å². The van der Waals surface area contributed by atoms with E-state index < -0.39 is 11.9 Å². The van der Waals surface area contributed by atoms with E-state index in [1.165, 1.54) is 12.3 Å². The molecule has 5 rings (SSSR count). The molecule has 2 aromatic carbocycles. The van der Waals surface area contributed by atoms with E-state index in [0.29, 0.717) is 28.9 Å². The smallest absolute Gasteiger partial charge is 0.291 e. The topological polar surface area (TPSA) is 93.1 Å². The van der Waals surface area contributed by atoms with Gasteiger partial charge in [-0.2, -0.15) is 0 Å². The zero-order valence-corrected chi connectivity index (χ0v) is 18.5. The quantitative estimate of drug-likeness (QED) is 0.472. The Hall–Kier alpha value is -4.00. The number of aryl methyl sites for hydroxylation is 2. The largest absolute Gasteiger partial charge is 0.504 e. The molecule has 2 aromatic heterocycles. The van der Waals surface area contributed by atoms with Crippen LogP contribution in [0.2, 0.25) is 0 Å². The molecule has 0 saturated heterocycles. The molecule has 0 aliphatic carbocycles. The second-order valence-electron chi connectivity index (χ2n) is 8.21. The fourth-order valence-corrected chi connectivity index (χ4v) is 4.53. The third-order valence-electron chi connectivity index (χ3n) is 5.90. The fourth-order valence-electron chi connectivity index (χ4n) is 4.53. The lowest BCUT2D eigenvalue weighted by Gasteiger charge is -2.24. The summed E-state index contributed by atoms with van der Waals surface area (Å²) in [7, 11) is 0. The molecule has 0 bridgehead atoms. The summed E-state index contributed by atoms with van der Waals surface area (Å²) < 4.78 is 17.1. The normalized spacial score (nSPS) is 15.3. The molecule has 1 aliphatic rings. The highest BCUT2D eigenvalue weighted by Crippen LogP contribution is 2.41. The molecule has 1 aliphatic heterocycles. The van der Waals surface area contributed by atoms with Gasteiger partial charge in [0, 0.05) is 0 Å². The first-order valence-corrected chi connectivity index (χ1v) is 10.8. The van der Waals surface area contributed by atoms with E-state index in [9.17, 15) is 14.7 Å². The second-order valence-corrected chi connectivity index (χ2v) is 8.21. The Morgan fingerprint density at radius 3 is 2.67 bits per heavy atom. The third-order valence-corrected chi connectivity index (χ3v) is 5.90. The molecule has 0 fully saturated rings. The Labute approximate surface area is 189 Å². The van der Waals surface area contributed by atoms with Gasteiger partial charge in [-0.3, -0.25) is 9.59 Å². The Morgan fingerprint density at radius 1 is 1.12 bits per heavy atom. The SMILES string of the molecule is CCOc1cc([C@H]2c3c(oc4c(C)cc(C)cc4c3=O)C(=O)N2Cc2ccco2)ccc1O. The summed E-state index contributed by atoms with van der Waals surface area (Å²) in [5.74, 6) is 0.484. The van der Waals surface area contributed by atoms with Crippen molar-refractivity contribution in [3.63, 3.8) is 0 Å². The maximum absolute atomic E-state index is 13.7. The highest BCUT2D eigenvalue weighted by Gasteiger charge is 2.43. The Bertz CT molecular complexity index is 1430. The lowest BCUT2D eigenvalue weighted by atomic mass is 9.97. The summed E-state index contributed by atoms with van der Waals surface area (Å²) in [4.78, 5) is 28.8. The van der Waals surface area contributed by atoms with E-state index >= 15 is 0 Å². The summed E-state index contributed by atoms with van der Waals surface area (Å²) in [5, 5.41) is 10.6. The zero-order valence-electron chi connectivity index (χ0n) is 18.5. The van der Waals surface area contributed by atoms with Crippen LogP contribution in [-0.2, 0) is 6.54 Å². The molecule has 33 heavy (non-hydrogen) atoms. The van der Waals surface area contributed by atoms with Crippen LogP contribution in [0.5, 0.6) is 11.5 Å². The fraction of sp³-hybridized carbons (Fsp3) is 0.231. The third kappa shape index (κ3) is 3.36. The van der Waals surface area contributed by atoms with Gasteiger partial charge >= 0.3 is 0 Å². The first-order chi connectivity index (χ1) is 15.9. The number of benzene rings is 2. The predicted octanol–water partition coefficient (Wildman–Crippen LogP) is 4.85. The van der Waals surface area contributed by atoms with E-state index in [0.717, 1.165) is 11.1 Å². The average Bonchev–Trinajstić information content (AvgIpc) is 3.39. The summed E-state index contributed by atoms with van der Waals surface area (Å²) in [6.45, 7) is 6.10. The van der Waals surface area contributed by atoms with Crippen LogP contribution in [0.15, 0.2) is 62.4 Å². The molecule has 0 saturated carbocycles. The first kappa shape index (κ1) is 20.9. The van der Waals surface area contributed by atoms with Crippen LogP contribution < -0.4 is 10.2 Å². The van der Waals surface area contributed by atoms with Crippen molar-refractivity contribution in [3.05, 3.63) is 92.7 Å². The Balaban J connectivity index is 1.76. The minimum atomic E-state index is -0.723. The molecule has 4 aromatic rings. The molecular formula is C26H23NO6. The molecule has 0 radical (unpaired) electrons. The summed E-state index contributed by atoms with van der Waals surface area (Å²) in [5.41, 5.74) is 2.80. The summed E-state index contributed by atoms with van der Waals surface area (Å²) in [6, 6.07) is 11.4. The van der Waals surface area contributed by atoms with Crippen molar-refractivity contribution in [1.82, 2.24) is 4.90 Å². The molecule has 3 heterocycles.